The Labute approximate surface area is 147 Å². The van der Waals surface area contributed by atoms with E-state index in [2.05, 4.69) is 10.1 Å². The Kier molecular flexibility index (Phi) is 6.76. The molecule has 0 saturated carbocycles. The van der Waals surface area contributed by atoms with Crippen LogP contribution in [0.3, 0.4) is 0 Å². The van der Waals surface area contributed by atoms with E-state index in [1.165, 1.54) is 36.0 Å². The number of ether oxygens (including phenoxy) is 2. The van der Waals surface area contributed by atoms with Crippen LogP contribution in [-0.2, 0) is 9.53 Å². The van der Waals surface area contributed by atoms with Crippen molar-refractivity contribution in [2.75, 3.05) is 18.2 Å². The molecule has 0 aliphatic carbocycles. The van der Waals surface area contributed by atoms with Gasteiger partial charge in [-0.05, 0) is 30.5 Å². The van der Waals surface area contributed by atoms with E-state index in [1.54, 1.807) is 12.1 Å². The van der Waals surface area contributed by atoms with E-state index in [0.29, 0.717) is 5.69 Å². The number of alkyl halides is 2. The van der Waals surface area contributed by atoms with Crippen molar-refractivity contribution in [1.29, 1.82) is 0 Å². The fraction of sp³-hybridized carbons (Fsp3) is 0.176. The average molecular weight is 367 g/mol. The fourth-order valence-corrected chi connectivity index (χ4v) is 2.53. The molecule has 8 heteroatoms. The Morgan fingerprint density at radius 3 is 2.52 bits per heavy atom. The number of amides is 1. The molecule has 0 atom stereocenters. The Morgan fingerprint density at radius 2 is 1.80 bits per heavy atom. The number of hydrogen-bond acceptors (Lipinski definition) is 5. The lowest BCUT2D eigenvalue weighted by molar-refractivity contribution is -0.119. The highest BCUT2D eigenvalue weighted by Gasteiger charge is 2.18. The number of thioether (sulfide) groups is 1. The maximum Gasteiger partial charge on any atom is 0.387 e. The molecule has 132 valence electrons. The van der Waals surface area contributed by atoms with Gasteiger partial charge in [-0.25, -0.2) is 4.79 Å². The van der Waals surface area contributed by atoms with E-state index in [-0.39, 0.29) is 11.3 Å². The quantitative estimate of drug-likeness (QED) is 0.596. The lowest BCUT2D eigenvalue weighted by Gasteiger charge is -2.11. The molecule has 0 radical (unpaired) electrons. The molecule has 0 aliphatic heterocycles. The van der Waals surface area contributed by atoms with Crippen LogP contribution in [0.5, 0.6) is 5.75 Å². The summed E-state index contributed by atoms with van der Waals surface area (Å²) in [6.07, 6.45) is 1.87. The normalized spacial score (nSPS) is 10.4. The van der Waals surface area contributed by atoms with Crippen LogP contribution in [0.2, 0.25) is 0 Å². The molecule has 25 heavy (non-hydrogen) atoms. The average Bonchev–Trinajstić information content (AvgIpc) is 2.60. The van der Waals surface area contributed by atoms with E-state index in [0.717, 1.165) is 4.90 Å². The van der Waals surface area contributed by atoms with Gasteiger partial charge in [-0.15, -0.1) is 11.8 Å². The van der Waals surface area contributed by atoms with E-state index < -0.39 is 25.1 Å². The summed E-state index contributed by atoms with van der Waals surface area (Å²) in [6, 6.07) is 12.6. The molecule has 0 bridgehead atoms. The standard InChI is InChI=1S/C17H15F2NO4S/c1-25-14-9-5-3-7-12(14)20-15(21)10-23-16(22)11-6-2-4-8-13(11)24-17(18)19/h2-9,17H,10H2,1H3,(H,20,21). The summed E-state index contributed by atoms with van der Waals surface area (Å²) in [7, 11) is 0. The SMILES string of the molecule is CSc1ccccc1NC(=O)COC(=O)c1ccccc1OC(F)F. The molecule has 2 aromatic carbocycles. The van der Waals surface area contributed by atoms with Gasteiger partial charge in [0.25, 0.3) is 5.91 Å². The van der Waals surface area contributed by atoms with Crippen molar-refractivity contribution in [3.63, 3.8) is 0 Å². The second kappa shape index (κ2) is 9.03. The van der Waals surface area contributed by atoms with Gasteiger partial charge in [0.1, 0.15) is 11.3 Å². The van der Waals surface area contributed by atoms with Crippen LogP contribution in [-0.4, -0.2) is 31.4 Å². The summed E-state index contributed by atoms with van der Waals surface area (Å²) in [4.78, 5) is 24.8. The third-order valence-corrected chi connectivity index (χ3v) is 3.83. The Hall–Kier alpha value is -2.61. The number of benzene rings is 2. The number of rotatable bonds is 7. The lowest BCUT2D eigenvalue weighted by atomic mass is 10.2. The molecule has 0 heterocycles. The third-order valence-electron chi connectivity index (χ3n) is 3.04. The largest absolute Gasteiger partial charge is 0.452 e. The van der Waals surface area contributed by atoms with Crippen LogP contribution in [0.25, 0.3) is 0 Å². The zero-order chi connectivity index (χ0) is 18.2. The van der Waals surface area contributed by atoms with Gasteiger partial charge in [-0.2, -0.15) is 8.78 Å². The first-order valence-electron chi connectivity index (χ1n) is 7.15. The van der Waals surface area contributed by atoms with Crippen LogP contribution in [0.4, 0.5) is 14.5 Å². The van der Waals surface area contributed by atoms with Gasteiger partial charge in [0.2, 0.25) is 0 Å². The highest BCUT2D eigenvalue weighted by molar-refractivity contribution is 7.98. The molecule has 1 amide bonds. The van der Waals surface area contributed by atoms with Crippen molar-refractivity contribution in [2.45, 2.75) is 11.5 Å². The van der Waals surface area contributed by atoms with Crippen LogP contribution in [0.15, 0.2) is 53.4 Å². The predicted octanol–water partition coefficient (Wildman–Crippen LogP) is 3.81. The first-order chi connectivity index (χ1) is 12.0. The van der Waals surface area contributed by atoms with Crippen molar-refractivity contribution in [2.24, 2.45) is 0 Å². The lowest BCUT2D eigenvalue weighted by Crippen LogP contribution is -2.21. The second-order valence-corrected chi connectivity index (χ2v) is 5.55. The molecule has 5 nitrogen and oxygen atoms in total. The predicted molar refractivity (Wildman–Crippen MR) is 90.2 cm³/mol. The van der Waals surface area contributed by atoms with Crippen molar-refractivity contribution in [3.8, 4) is 5.75 Å². The molecule has 2 rings (SSSR count). The van der Waals surface area contributed by atoms with E-state index >= 15 is 0 Å². The number of carbonyl (C=O) groups excluding carboxylic acids is 2. The van der Waals surface area contributed by atoms with Gasteiger partial charge in [-0.1, -0.05) is 24.3 Å². The van der Waals surface area contributed by atoms with Crippen LogP contribution >= 0.6 is 11.8 Å². The van der Waals surface area contributed by atoms with Crippen molar-refractivity contribution in [1.82, 2.24) is 0 Å². The molecular formula is C17H15F2NO4S. The smallest absolute Gasteiger partial charge is 0.387 e. The van der Waals surface area contributed by atoms with Gasteiger partial charge >= 0.3 is 12.6 Å². The van der Waals surface area contributed by atoms with Crippen molar-refractivity contribution < 1.29 is 27.8 Å². The molecule has 0 spiro atoms. The first kappa shape index (κ1) is 18.7. The van der Waals surface area contributed by atoms with Gasteiger partial charge in [0.15, 0.2) is 6.61 Å². The van der Waals surface area contributed by atoms with Crippen LogP contribution in [0, 0.1) is 0 Å². The summed E-state index contributed by atoms with van der Waals surface area (Å²) in [6.45, 7) is -3.62. The Morgan fingerprint density at radius 1 is 1.12 bits per heavy atom. The van der Waals surface area contributed by atoms with Crippen molar-refractivity contribution >= 4 is 29.3 Å². The molecule has 1 N–H and O–H groups in total. The minimum atomic E-state index is -3.07. The van der Waals surface area contributed by atoms with Gasteiger partial charge in [0, 0.05) is 4.90 Å². The zero-order valence-electron chi connectivity index (χ0n) is 13.2. The third kappa shape index (κ3) is 5.46. The monoisotopic (exact) mass is 367 g/mol. The maximum absolute atomic E-state index is 12.4. The molecule has 0 aromatic heterocycles. The molecule has 0 unspecified atom stereocenters. The molecule has 0 saturated heterocycles. The summed E-state index contributed by atoms with van der Waals surface area (Å²) >= 11 is 1.46. The summed E-state index contributed by atoms with van der Waals surface area (Å²) < 4.78 is 33.8. The Balaban J connectivity index is 1.97. The maximum atomic E-state index is 12.4. The molecule has 0 aliphatic rings. The van der Waals surface area contributed by atoms with E-state index in [4.69, 9.17) is 4.74 Å². The van der Waals surface area contributed by atoms with Gasteiger partial charge in [-0.3, -0.25) is 4.79 Å². The Bertz CT molecular complexity index is 755. The highest BCUT2D eigenvalue weighted by atomic mass is 32.2. The number of halogens is 2. The topological polar surface area (TPSA) is 64.6 Å². The molecular weight excluding hydrogens is 352 g/mol. The van der Waals surface area contributed by atoms with Gasteiger partial charge < -0.3 is 14.8 Å². The van der Waals surface area contributed by atoms with Gasteiger partial charge in [0.05, 0.1) is 5.69 Å². The summed E-state index contributed by atoms with van der Waals surface area (Å²) in [5.41, 5.74) is 0.414. The number of carbonyl (C=O) groups is 2. The zero-order valence-corrected chi connectivity index (χ0v) is 14.0. The van der Waals surface area contributed by atoms with Crippen LogP contribution in [0.1, 0.15) is 10.4 Å². The second-order valence-electron chi connectivity index (χ2n) is 4.70. The minimum Gasteiger partial charge on any atom is -0.452 e. The number of nitrogens with one attached hydrogen (secondary N) is 1. The van der Waals surface area contributed by atoms with E-state index in [1.807, 2.05) is 18.4 Å². The number of hydrogen-bond donors (Lipinski definition) is 1. The van der Waals surface area contributed by atoms with Crippen LogP contribution < -0.4 is 10.1 Å². The summed E-state index contributed by atoms with van der Waals surface area (Å²) in [5.74, 6) is -1.78. The number of anilines is 1. The molecule has 2 aromatic rings. The minimum absolute atomic E-state index is 0.180. The highest BCUT2D eigenvalue weighted by Crippen LogP contribution is 2.24. The van der Waals surface area contributed by atoms with E-state index in [9.17, 15) is 18.4 Å². The number of para-hydroxylation sites is 2. The fourth-order valence-electron chi connectivity index (χ4n) is 1.98. The van der Waals surface area contributed by atoms with Crippen molar-refractivity contribution in [3.05, 3.63) is 54.1 Å². The first-order valence-corrected chi connectivity index (χ1v) is 8.37. The summed E-state index contributed by atoms with van der Waals surface area (Å²) in [5, 5.41) is 2.63. The number of esters is 1. The molecule has 0 fully saturated rings.